The highest BCUT2D eigenvalue weighted by molar-refractivity contribution is 5.68. The Balaban J connectivity index is 2.19. The fraction of sp³-hybridized carbons (Fsp3) is 0.800. The Bertz CT molecular complexity index is 133. The number of likely N-dealkylation sites (tertiary alicyclic amines) is 1. The molecule has 3 N–H and O–H groups in total. The van der Waals surface area contributed by atoms with Crippen molar-refractivity contribution < 1.29 is 9.53 Å². The highest BCUT2D eigenvalue weighted by atomic mass is 16.5. The lowest BCUT2D eigenvalue weighted by Gasteiger charge is -2.37. The number of hydrogen-bond donors (Lipinski definition) is 2. The van der Waals surface area contributed by atoms with Crippen LogP contribution < -0.4 is 11.3 Å². The highest BCUT2D eigenvalue weighted by Crippen LogP contribution is 2.07. The summed E-state index contributed by atoms with van der Waals surface area (Å²) in [6.07, 6.45) is -0.286. The molecule has 1 fully saturated rings. The maximum absolute atomic E-state index is 10.7. The van der Waals surface area contributed by atoms with Gasteiger partial charge in [-0.15, -0.1) is 0 Å². The van der Waals surface area contributed by atoms with Crippen LogP contribution in [0, 0.1) is 0 Å². The van der Waals surface area contributed by atoms with Crippen LogP contribution in [-0.4, -0.2) is 37.2 Å². The van der Waals surface area contributed by atoms with E-state index in [9.17, 15) is 4.79 Å². The summed E-state index contributed by atoms with van der Waals surface area (Å²) in [6, 6.07) is 0.235. The quantitative estimate of drug-likeness (QED) is 0.363. The number of amides is 1. The number of nitrogens with two attached hydrogens (primary N) is 1. The first-order chi connectivity index (χ1) is 4.77. The second kappa shape index (κ2) is 2.85. The lowest BCUT2D eigenvalue weighted by atomic mass is 10.1. The molecule has 5 nitrogen and oxygen atoms in total. The summed E-state index contributed by atoms with van der Waals surface area (Å²) in [5, 5.41) is 0. The van der Waals surface area contributed by atoms with Crippen molar-refractivity contribution in [1.82, 2.24) is 10.3 Å². The number of methoxy groups -OCH3 is 1. The van der Waals surface area contributed by atoms with Crippen LogP contribution in [0.15, 0.2) is 0 Å². The maximum atomic E-state index is 10.7. The topological polar surface area (TPSA) is 67.6 Å². The smallest absolute Gasteiger partial charge is 0.409 e. The molecule has 0 aliphatic carbocycles. The molecule has 1 amide bonds. The standard InChI is InChI=1S/C5H11N3O2/c1-10-5(9)8-2-4(3-8)7-6/h4,7H,2-3,6H2,1H3. The van der Waals surface area contributed by atoms with Crippen LogP contribution in [0.2, 0.25) is 0 Å². The summed E-state index contributed by atoms with van der Waals surface area (Å²) in [5.74, 6) is 5.11. The molecule has 5 heteroatoms. The average molecular weight is 145 g/mol. The first kappa shape index (κ1) is 7.30. The van der Waals surface area contributed by atoms with Crippen molar-refractivity contribution >= 4 is 6.09 Å². The van der Waals surface area contributed by atoms with Gasteiger partial charge in [0, 0.05) is 13.1 Å². The minimum atomic E-state index is -0.286. The molecule has 0 spiro atoms. The number of hydrogen-bond acceptors (Lipinski definition) is 4. The van der Waals surface area contributed by atoms with Gasteiger partial charge in [-0.1, -0.05) is 0 Å². The molecule has 1 aliphatic heterocycles. The second-order valence-electron chi connectivity index (χ2n) is 2.24. The molecule has 1 aliphatic rings. The summed E-state index contributed by atoms with van der Waals surface area (Å²) in [7, 11) is 1.37. The summed E-state index contributed by atoms with van der Waals surface area (Å²) < 4.78 is 4.47. The molecule has 0 aromatic heterocycles. The number of carbonyl (C=O) groups is 1. The predicted octanol–water partition coefficient (Wildman–Crippen LogP) is -1.10. The van der Waals surface area contributed by atoms with Crippen LogP contribution in [0.4, 0.5) is 4.79 Å². The molecule has 0 radical (unpaired) electrons. The van der Waals surface area contributed by atoms with Crippen molar-refractivity contribution in [2.45, 2.75) is 6.04 Å². The number of nitrogens with zero attached hydrogens (tertiary/aromatic N) is 1. The minimum Gasteiger partial charge on any atom is -0.453 e. The Hall–Kier alpha value is -0.810. The fourth-order valence-electron chi connectivity index (χ4n) is 0.862. The van der Waals surface area contributed by atoms with Crippen LogP contribution in [0.1, 0.15) is 0 Å². The lowest BCUT2D eigenvalue weighted by molar-refractivity contribution is 0.0805. The second-order valence-corrected chi connectivity index (χ2v) is 2.24. The first-order valence-electron chi connectivity index (χ1n) is 3.07. The summed E-state index contributed by atoms with van der Waals surface area (Å²) >= 11 is 0. The molecule has 0 aromatic carbocycles. The van der Waals surface area contributed by atoms with Gasteiger partial charge in [-0.25, -0.2) is 4.79 Å². The van der Waals surface area contributed by atoms with Gasteiger partial charge in [0.05, 0.1) is 13.2 Å². The fourth-order valence-corrected chi connectivity index (χ4v) is 0.862. The van der Waals surface area contributed by atoms with Gasteiger partial charge in [0.2, 0.25) is 0 Å². The number of ether oxygens (including phenoxy) is 1. The van der Waals surface area contributed by atoms with E-state index in [-0.39, 0.29) is 12.1 Å². The molecule has 58 valence electrons. The minimum absolute atomic E-state index is 0.235. The van der Waals surface area contributed by atoms with Gasteiger partial charge in [-0.05, 0) is 0 Å². The zero-order chi connectivity index (χ0) is 7.56. The largest absolute Gasteiger partial charge is 0.453 e. The van der Waals surface area contributed by atoms with Gasteiger partial charge in [0.25, 0.3) is 0 Å². The van der Waals surface area contributed by atoms with Crippen molar-refractivity contribution in [3.8, 4) is 0 Å². The third-order valence-corrected chi connectivity index (χ3v) is 1.55. The average Bonchev–Trinajstić information content (AvgIpc) is 1.85. The molecule has 0 atom stereocenters. The van der Waals surface area contributed by atoms with Crippen LogP contribution in [-0.2, 0) is 4.74 Å². The van der Waals surface area contributed by atoms with Gasteiger partial charge < -0.3 is 9.64 Å². The van der Waals surface area contributed by atoms with Gasteiger partial charge in [0.15, 0.2) is 0 Å². The van der Waals surface area contributed by atoms with E-state index in [0.29, 0.717) is 13.1 Å². The van der Waals surface area contributed by atoms with E-state index in [2.05, 4.69) is 10.2 Å². The van der Waals surface area contributed by atoms with Crippen LogP contribution in [0.3, 0.4) is 0 Å². The van der Waals surface area contributed by atoms with E-state index >= 15 is 0 Å². The molecular weight excluding hydrogens is 134 g/mol. The van der Waals surface area contributed by atoms with Gasteiger partial charge >= 0.3 is 6.09 Å². The molecule has 0 saturated carbocycles. The Morgan fingerprint density at radius 1 is 1.80 bits per heavy atom. The zero-order valence-electron chi connectivity index (χ0n) is 5.83. The van der Waals surface area contributed by atoms with E-state index in [0.717, 1.165) is 0 Å². The third-order valence-electron chi connectivity index (χ3n) is 1.55. The van der Waals surface area contributed by atoms with Gasteiger partial charge in [-0.2, -0.15) is 0 Å². The molecule has 0 aromatic rings. The van der Waals surface area contributed by atoms with Crippen LogP contribution in [0.25, 0.3) is 0 Å². The number of carbonyl (C=O) groups excluding carboxylic acids is 1. The van der Waals surface area contributed by atoms with E-state index in [4.69, 9.17) is 5.84 Å². The Kier molecular flexibility index (Phi) is 2.08. The maximum Gasteiger partial charge on any atom is 0.409 e. The highest BCUT2D eigenvalue weighted by Gasteiger charge is 2.29. The van der Waals surface area contributed by atoms with E-state index in [1.54, 1.807) is 4.90 Å². The first-order valence-corrected chi connectivity index (χ1v) is 3.07. The molecule has 0 unspecified atom stereocenters. The van der Waals surface area contributed by atoms with E-state index in [1.165, 1.54) is 7.11 Å². The summed E-state index contributed by atoms with van der Waals surface area (Å²) in [6.45, 7) is 1.28. The van der Waals surface area contributed by atoms with Crippen molar-refractivity contribution in [2.24, 2.45) is 5.84 Å². The molecule has 1 saturated heterocycles. The van der Waals surface area contributed by atoms with E-state index in [1.807, 2.05) is 0 Å². The lowest BCUT2D eigenvalue weighted by Crippen LogP contribution is -2.61. The predicted molar refractivity (Wildman–Crippen MR) is 35.1 cm³/mol. The van der Waals surface area contributed by atoms with Crippen molar-refractivity contribution in [3.63, 3.8) is 0 Å². The van der Waals surface area contributed by atoms with Crippen molar-refractivity contribution in [2.75, 3.05) is 20.2 Å². The van der Waals surface area contributed by atoms with Gasteiger partial charge in [0.1, 0.15) is 0 Å². The molecule has 1 rings (SSSR count). The van der Waals surface area contributed by atoms with Crippen LogP contribution >= 0.6 is 0 Å². The van der Waals surface area contributed by atoms with Crippen molar-refractivity contribution in [1.29, 1.82) is 0 Å². The van der Waals surface area contributed by atoms with E-state index < -0.39 is 0 Å². The summed E-state index contributed by atoms with van der Waals surface area (Å²) in [4.78, 5) is 12.3. The SMILES string of the molecule is COC(=O)N1CC(NN)C1. The molecule has 1 heterocycles. The Labute approximate surface area is 59.1 Å². The molecular formula is C5H11N3O2. The molecule has 10 heavy (non-hydrogen) atoms. The number of rotatable bonds is 1. The zero-order valence-corrected chi connectivity index (χ0v) is 5.83. The van der Waals surface area contributed by atoms with Gasteiger partial charge in [-0.3, -0.25) is 11.3 Å². The monoisotopic (exact) mass is 145 g/mol. The Morgan fingerprint density at radius 3 is 2.80 bits per heavy atom. The Morgan fingerprint density at radius 2 is 2.40 bits per heavy atom. The summed E-state index contributed by atoms with van der Waals surface area (Å²) in [5.41, 5.74) is 2.56. The van der Waals surface area contributed by atoms with Crippen molar-refractivity contribution in [3.05, 3.63) is 0 Å². The number of hydrazine groups is 1. The number of nitrogens with one attached hydrogen (secondary N) is 1. The normalized spacial score (nSPS) is 18.4. The van der Waals surface area contributed by atoms with Crippen LogP contribution in [0.5, 0.6) is 0 Å². The third kappa shape index (κ3) is 1.19. The molecule has 0 bridgehead atoms.